The van der Waals surface area contributed by atoms with Gasteiger partial charge in [-0.3, -0.25) is 0 Å². The van der Waals surface area contributed by atoms with Gasteiger partial charge in [-0.1, -0.05) is 11.6 Å². The zero-order valence-electron chi connectivity index (χ0n) is 10.6. The minimum atomic E-state index is -1.10. The van der Waals surface area contributed by atoms with E-state index in [1.165, 1.54) is 36.4 Å². The summed E-state index contributed by atoms with van der Waals surface area (Å²) in [5.41, 5.74) is 0.569. The van der Waals surface area contributed by atoms with E-state index in [1.807, 2.05) is 6.07 Å². The number of carboxylic acids is 1. The molecule has 2 aromatic carbocycles. The summed E-state index contributed by atoms with van der Waals surface area (Å²) in [4.78, 5) is 10.8. The SMILES string of the molecule is N#Cc1ccc(F)c(COc2ccc(C(=O)O)cc2Cl)c1. The van der Waals surface area contributed by atoms with Gasteiger partial charge in [0.2, 0.25) is 0 Å². The summed E-state index contributed by atoms with van der Waals surface area (Å²) in [7, 11) is 0. The number of rotatable bonds is 4. The summed E-state index contributed by atoms with van der Waals surface area (Å²) >= 11 is 5.90. The van der Waals surface area contributed by atoms with Gasteiger partial charge in [0.25, 0.3) is 0 Å². The van der Waals surface area contributed by atoms with Crippen LogP contribution >= 0.6 is 11.6 Å². The number of ether oxygens (including phenoxy) is 1. The lowest BCUT2D eigenvalue weighted by Crippen LogP contribution is -2.01. The van der Waals surface area contributed by atoms with Crippen LogP contribution in [0.5, 0.6) is 5.75 Å². The Kier molecular flexibility index (Phi) is 4.41. The van der Waals surface area contributed by atoms with Crippen molar-refractivity contribution in [2.24, 2.45) is 0 Å². The van der Waals surface area contributed by atoms with E-state index in [4.69, 9.17) is 26.7 Å². The number of nitrogens with zero attached hydrogens (tertiary/aromatic N) is 1. The normalized spacial score (nSPS) is 9.95. The highest BCUT2D eigenvalue weighted by Crippen LogP contribution is 2.26. The Bertz CT molecular complexity index is 740. The van der Waals surface area contributed by atoms with Crippen LogP contribution in [0.3, 0.4) is 0 Å². The molecule has 0 atom stereocenters. The molecule has 0 bridgehead atoms. The standard InChI is InChI=1S/C15H9ClFNO3/c16-12-6-10(15(19)20)2-4-14(12)21-8-11-5-9(7-18)1-3-13(11)17/h1-6H,8H2,(H,19,20). The van der Waals surface area contributed by atoms with Gasteiger partial charge in [-0.05, 0) is 36.4 Å². The Labute approximate surface area is 125 Å². The van der Waals surface area contributed by atoms with Crippen LogP contribution in [0.2, 0.25) is 5.02 Å². The molecule has 106 valence electrons. The summed E-state index contributed by atoms with van der Waals surface area (Å²) in [6.45, 7) is -0.118. The second kappa shape index (κ2) is 6.25. The third-order valence-corrected chi connectivity index (χ3v) is 3.03. The van der Waals surface area contributed by atoms with Crippen LogP contribution in [0.1, 0.15) is 21.5 Å². The molecule has 0 fully saturated rings. The average Bonchev–Trinajstić information content (AvgIpc) is 2.47. The maximum Gasteiger partial charge on any atom is 0.335 e. The molecule has 0 aromatic heterocycles. The van der Waals surface area contributed by atoms with Crippen LogP contribution in [0, 0.1) is 17.1 Å². The Morgan fingerprint density at radius 2 is 2.10 bits per heavy atom. The van der Waals surface area contributed by atoms with Gasteiger partial charge in [-0.15, -0.1) is 0 Å². The van der Waals surface area contributed by atoms with Crippen molar-refractivity contribution in [3.8, 4) is 11.8 Å². The van der Waals surface area contributed by atoms with Crippen LogP contribution in [0.25, 0.3) is 0 Å². The zero-order chi connectivity index (χ0) is 15.4. The largest absolute Gasteiger partial charge is 0.487 e. The molecule has 0 aliphatic heterocycles. The van der Waals surface area contributed by atoms with Gasteiger partial charge < -0.3 is 9.84 Å². The molecule has 0 amide bonds. The van der Waals surface area contributed by atoms with Crippen molar-refractivity contribution >= 4 is 17.6 Å². The van der Waals surface area contributed by atoms with E-state index < -0.39 is 11.8 Å². The number of benzene rings is 2. The van der Waals surface area contributed by atoms with Crippen molar-refractivity contribution in [2.45, 2.75) is 6.61 Å². The average molecular weight is 306 g/mol. The highest BCUT2D eigenvalue weighted by atomic mass is 35.5. The molecule has 0 saturated carbocycles. The van der Waals surface area contributed by atoms with Gasteiger partial charge in [0.05, 0.1) is 22.2 Å². The van der Waals surface area contributed by atoms with Gasteiger partial charge in [-0.2, -0.15) is 5.26 Å². The van der Waals surface area contributed by atoms with Gasteiger partial charge in [0, 0.05) is 5.56 Å². The van der Waals surface area contributed by atoms with Crippen LogP contribution < -0.4 is 4.74 Å². The molecule has 0 saturated heterocycles. The molecule has 0 heterocycles. The summed E-state index contributed by atoms with van der Waals surface area (Å²) in [6.07, 6.45) is 0. The molecule has 4 nitrogen and oxygen atoms in total. The fourth-order valence-electron chi connectivity index (χ4n) is 1.66. The highest BCUT2D eigenvalue weighted by Gasteiger charge is 2.10. The van der Waals surface area contributed by atoms with E-state index in [0.717, 1.165) is 0 Å². The van der Waals surface area contributed by atoms with Crippen LogP contribution in [0.4, 0.5) is 4.39 Å². The number of hydrogen-bond acceptors (Lipinski definition) is 3. The summed E-state index contributed by atoms with van der Waals surface area (Å²) in [5, 5.41) is 17.7. The Hall–Kier alpha value is -2.58. The molecular formula is C15H9ClFNO3. The third kappa shape index (κ3) is 3.50. The highest BCUT2D eigenvalue weighted by molar-refractivity contribution is 6.32. The van der Waals surface area contributed by atoms with Gasteiger partial charge in [-0.25, -0.2) is 9.18 Å². The van der Waals surface area contributed by atoms with Crippen LogP contribution in [0.15, 0.2) is 36.4 Å². The molecule has 2 rings (SSSR count). The van der Waals surface area contributed by atoms with E-state index >= 15 is 0 Å². The number of carboxylic acid groups (broad SMARTS) is 1. The van der Waals surface area contributed by atoms with Gasteiger partial charge in [0.15, 0.2) is 0 Å². The van der Waals surface area contributed by atoms with Crippen LogP contribution in [-0.2, 0) is 6.61 Å². The molecular weight excluding hydrogens is 297 g/mol. The fourth-order valence-corrected chi connectivity index (χ4v) is 1.90. The molecule has 0 spiro atoms. The first-order valence-corrected chi connectivity index (χ1v) is 6.23. The lowest BCUT2D eigenvalue weighted by molar-refractivity contribution is 0.0697. The predicted molar refractivity (Wildman–Crippen MR) is 73.9 cm³/mol. The van der Waals surface area contributed by atoms with Crippen LogP contribution in [-0.4, -0.2) is 11.1 Å². The summed E-state index contributed by atoms with van der Waals surface area (Å²) in [6, 6.07) is 9.84. The molecule has 0 unspecified atom stereocenters. The minimum Gasteiger partial charge on any atom is -0.487 e. The molecule has 1 N–H and O–H groups in total. The molecule has 0 aliphatic rings. The first-order valence-electron chi connectivity index (χ1n) is 5.85. The fraction of sp³-hybridized carbons (Fsp3) is 0.0667. The van der Waals surface area contributed by atoms with Crippen molar-refractivity contribution in [1.82, 2.24) is 0 Å². The molecule has 21 heavy (non-hydrogen) atoms. The summed E-state index contributed by atoms with van der Waals surface area (Å²) in [5.74, 6) is -1.35. The number of nitriles is 1. The van der Waals surface area contributed by atoms with Crippen molar-refractivity contribution < 1.29 is 19.0 Å². The second-order valence-corrected chi connectivity index (χ2v) is 4.56. The molecule has 6 heteroatoms. The van der Waals surface area contributed by atoms with Crippen molar-refractivity contribution in [2.75, 3.05) is 0 Å². The van der Waals surface area contributed by atoms with E-state index in [1.54, 1.807) is 0 Å². The number of halogens is 2. The molecule has 0 aliphatic carbocycles. The van der Waals surface area contributed by atoms with E-state index in [9.17, 15) is 9.18 Å². The first-order chi connectivity index (χ1) is 10.0. The Balaban J connectivity index is 2.17. The predicted octanol–water partition coefficient (Wildman–Crippen LogP) is 3.63. The number of aromatic carboxylic acids is 1. The lowest BCUT2D eigenvalue weighted by atomic mass is 10.1. The number of hydrogen-bond donors (Lipinski definition) is 1. The molecule has 2 aromatic rings. The van der Waals surface area contributed by atoms with E-state index in [-0.39, 0.29) is 28.5 Å². The van der Waals surface area contributed by atoms with Crippen molar-refractivity contribution in [3.05, 3.63) is 63.9 Å². The minimum absolute atomic E-state index is 0.0324. The quantitative estimate of drug-likeness (QED) is 0.936. The first kappa shape index (κ1) is 14.8. The maximum atomic E-state index is 13.6. The zero-order valence-corrected chi connectivity index (χ0v) is 11.4. The van der Waals surface area contributed by atoms with E-state index in [0.29, 0.717) is 5.56 Å². The van der Waals surface area contributed by atoms with Crippen molar-refractivity contribution in [3.63, 3.8) is 0 Å². The Morgan fingerprint density at radius 1 is 1.33 bits per heavy atom. The summed E-state index contributed by atoms with van der Waals surface area (Å²) < 4.78 is 18.9. The van der Waals surface area contributed by atoms with Gasteiger partial charge in [0.1, 0.15) is 18.2 Å². The van der Waals surface area contributed by atoms with Crippen molar-refractivity contribution in [1.29, 1.82) is 5.26 Å². The maximum absolute atomic E-state index is 13.6. The lowest BCUT2D eigenvalue weighted by Gasteiger charge is -2.09. The smallest absolute Gasteiger partial charge is 0.335 e. The third-order valence-electron chi connectivity index (χ3n) is 2.74. The van der Waals surface area contributed by atoms with E-state index in [2.05, 4.69) is 0 Å². The molecule has 0 radical (unpaired) electrons. The second-order valence-electron chi connectivity index (χ2n) is 4.16. The Morgan fingerprint density at radius 3 is 2.71 bits per heavy atom. The van der Waals surface area contributed by atoms with Gasteiger partial charge >= 0.3 is 5.97 Å². The topological polar surface area (TPSA) is 70.3 Å². The monoisotopic (exact) mass is 305 g/mol. The number of carbonyl (C=O) groups is 1.